The summed E-state index contributed by atoms with van der Waals surface area (Å²) in [5.41, 5.74) is 10.5. The molecule has 1 aromatic rings. The van der Waals surface area contributed by atoms with Gasteiger partial charge in [0.2, 0.25) is 0 Å². The third-order valence-electron chi connectivity index (χ3n) is 3.27. The van der Waals surface area contributed by atoms with Crippen molar-refractivity contribution in [3.05, 3.63) is 28.8 Å². The first-order chi connectivity index (χ1) is 8.10. The first kappa shape index (κ1) is 12.4. The van der Waals surface area contributed by atoms with E-state index in [0.717, 1.165) is 25.2 Å². The van der Waals surface area contributed by atoms with Crippen LogP contribution in [0.25, 0.3) is 0 Å². The molecular formula is C13H20N2O2. The van der Waals surface area contributed by atoms with Gasteiger partial charge in [-0.05, 0) is 36.1 Å². The number of nitrogens with zero attached hydrogens (tertiary/aromatic N) is 1. The van der Waals surface area contributed by atoms with Crippen LogP contribution in [0, 0.1) is 6.92 Å². The molecule has 94 valence electrons. The van der Waals surface area contributed by atoms with Crippen LogP contribution >= 0.6 is 0 Å². The molecule has 17 heavy (non-hydrogen) atoms. The molecule has 4 N–H and O–H groups in total. The Morgan fingerprint density at radius 2 is 2.24 bits per heavy atom. The normalized spacial score (nSPS) is 17.8. The number of nitrogens with two attached hydrogens (primary N) is 1. The molecule has 0 saturated carbocycles. The average molecular weight is 236 g/mol. The number of β-amino-alcohol motifs (C(OH)–C–C–N with tert-alkyl or cyclic N) is 1. The minimum atomic E-state index is -0.654. The number of anilines is 1. The first-order valence-electron chi connectivity index (χ1n) is 5.99. The van der Waals surface area contributed by atoms with Crippen molar-refractivity contribution in [1.82, 2.24) is 4.90 Å². The Kier molecular flexibility index (Phi) is 3.66. The second kappa shape index (κ2) is 5.04. The Morgan fingerprint density at radius 1 is 1.47 bits per heavy atom. The van der Waals surface area contributed by atoms with Crippen molar-refractivity contribution in [2.24, 2.45) is 0 Å². The minimum absolute atomic E-state index is 0.181. The molecule has 1 heterocycles. The number of hydrogen-bond acceptors (Lipinski definition) is 4. The summed E-state index contributed by atoms with van der Waals surface area (Å²) in [5.74, 6) is 0. The van der Waals surface area contributed by atoms with Crippen LogP contribution in [-0.4, -0.2) is 40.9 Å². The van der Waals surface area contributed by atoms with E-state index in [1.165, 1.54) is 16.7 Å². The first-order valence-corrected chi connectivity index (χ1v) is 5.99. The van der Waals surface area contributed by atoms with Gasteiger partial charge in [0, 0.05) is 25.3 Å². The number of aryl methyl sites for hydroxylation is 1. The summed E-state index contributed by atoms with van der Waals surface area (Å²) < 4.78 is 0. The van der Waals surface area contributed by atoms with Crippen molar-refractivity contribution >= 4 is 5.69 Å². The van der Waals surface area contributed by atoms with Gasteiger partial charge in [-0.15, -0.1) is 0 Å². The highest BCUT2D eigenvalue weighted by molar-refractivity contribution is 5.54. The molecule has 4 heteroatoms. The molecule has 0 amide bonds. The maximum Gasteiger partial charge on any atom is 0.0897 e. The standard InChI is InChI=1S/C13H20N2O2/c1-9-4-10-6-15(7-11(17)8-16)3-2-12(10)13(14)5-9/h4-5,11,16-17H,2-3,6-8,14H2,1H3. The molecule has 0 spiro atoms. The molecule has 1 atom stereocenters. The van der Waals surface area contributed by atoms with E-state index in [2.05, 4.69) is 11.0 Å². The van der Waals surface area contributed by atoms with Gasteiger partial charge in [-0.1, -0.05) is 6.07 Å². The summed E-state index contributed by atoms with van der Waals surface area (Å²) >= 11 is 0. The summed E-state index contributed by atoms with van der Waals surface area (Å²) in [5, 5.41) is 18.3. The van der Waals surface area contributed by atoms with Gasteiger partial charge < -0.3 is 15.9 Å². The van der Waals surface area contributed by atoms with E-state index >= 15 is 0 Å². The zero-order chi connectivity index (χ0) is 12.4. The van der Waals surface area contributed by atoms with Crippen molar-refractivity contribution in [2.45, 2.75) is 26.0 Å². The predicted octanol–water partition coefficient (Wildman–Crippen LogP) is 0.289. The fourth-order valence-corrected chi connectivity index (χ4v) is 2.47. The molecule has 1 unspecified atom stereocenters. The van der Waals surface area contributed by atoms with E-state index < -0.39 is 6.10 Å². The van der Waals surface area contributed by atoms with Crippen molar-refractivity contribution < 1.29 is 10.2 Å². The Bertz CT molecular complexity index is 407. The number of benzene rings is 1. The number of rotatable bonds is 3. The third-order valence-corrected chi connectivity index (χ3v) is 3.27. The smallest absolute Gasteiger partial charge is 0.0897 e. The van der Waals surface area contributed by atoms with Gasteiger partial charge in [-0.2, -0.15) is 0 Å². The Balaban J connectivity index is 2.13. The summed E-state index contributed by atoms with van der Waals surface area (Å²) in [6.07, 6.45) is 0.262. The second-order valence-corrected chi connectivity index (χ2v) is 4.81. The number of nitrogen functional groups attached to an aromatic ring is 1. The molecule has 1 aromatic carbocycles. The van der Waals surface area contributed by atoms with Gasteiger partial charge in [0.25, 0.3) is 0 Å². The number of hydrogen-bond donors (Lipinski definition) is 3. The monoisotopic (exact) mass is 236 g/mol. The Morgan fingerprint density at radius 3 is 2.94 bits per heavy atom. The topological polar surface area (TPSA) is 69.7 Å². The molecule has 0 fully saturated rings. The number of aliphatic hydroxyl groups is 2. The van der Waals surface area contributed by atoms with Crippen LogP contribution in [0.4, 0.5) is 5.69 Å². The highest BCUT2D eigenvalue weighted by atomic mass is 16.3. The van der Waals surface area contributed by atoms with E-state index in [1.54, 1.807) is 0 Å². The second-order valence-electron chi connectivity index (χ2n) is 4.81. The van der Waals surface area contributed by atoms with Crippen molar-refractivity contribution in [3.8, 4) is 0 Å². The van der Waals surface area contributed by atoms with Gasteiger partial charge in [0.15, 0.2) is 0 Å². The largest absolute Gasteiger partial charge is 0.398 e. The lowest BCUT2D eigenvalue weighted by Crippen LogP contribution is -2.38. The zero-order valence-corrected chi connectivity index (χ0v) is 10.2. The van der Waals surface area contributed by atoms with Gasteiger partial charge in [0.1, 0.15) is 0 Å². The van der Waals surface area contributed by atoms with Crippen molar-refractivity contribution in [3.63, 3.8) is 0 Å². The van der Waals surface area contributed by atoms with Gasteiger partial charge in [0.05, 0.1) is 12.7 Å². The van der Waals surface area contributed by atoms with E-state index in [9.17, 15) is 5.11 Å². The quantitative estimate of drug-likeness (QED) is 0.660. The van der Waals surface area contributed by atoms with E-state index in [1.807, 2.05) is 13.0 Å². The molecular weight excluding hydrogens is 216 g/mol. The van der Waals surface area contributed by atoms with Crippen LogP contribution < -0.4 is 5.73 Å². The number of aliphatic hydroxyl groups excluding tert-OH is 2. The molecule has 1 aliphatic rings. The van der Waals surface area contributed by atoms with Crippen LogP contribution in [-0.2, 0) is 13.0 Å². The van der Waals surface area contributed by atoms with Gasteiger partial charge >= 0.3 is 0 Å². The van der Waals surface area contributed by atoms with Crippen LogP contribution in [0.3, 0.4) is 0 Å². The molecule has 0 saturated heterocycles. The average Bonchev–Trinajstić information content (AvgIpc) is 2.28. The minimum Gasteiger partial charge on any atom is -0.398 e. The number of fused-ring (bicyclic) bond motifs is 1. The summed E-state index contributed by atoms with van der Waals surface area (Å²) in [4.78, 5) is 2.15. The lowest BCUT2D eigenvalue weighted by atomic mass is 9.95. The fourth-order valence-electron chi connectivity index (χ4n) is 2.47. The van der Waals surface area contributed by atoms with E-state index in [4.69, 9.17) is 10.8 Å². The van der Waals surface area contributed by atoms with Gasteiger partial charge in [-0.3, -0.25) is 4.90 Å². The molecule has 4 nitrogen and oxygen atoms in total. The fraction of sp³-hybridized carbons (Fsp3) is 0.538. The predicted molar refractivity (Wildman–Crippen MR) is 67.7 cm³/mol. The lowest BCUT2D eigenvalue weighted by Gasteiger charge is -2.31. The molecule has 0 aliphatic carbocycles. The Hall–Kier alpha value is -1.10. The SMILES string of the molecule is Cc1cc(N)c2c(c1)CN(CC(O)CO)CC2. The van der Waals surface area contributed by atoms with Crippen LogP contribution in [0.15, 0.2) is 12.1 Å². The Labute approximate surface area is 102 Å². The third kappa shape index (κ3) is 2.77. The summed E-state index contributed by atoms with van der Waals surface area (Å²) in [6, 6.07) is 4.17. The van der Waals surface area contributed by atoms with E-state index in [0.29, 0.717) is 6.54 Å². The molecule has 2 rings (SSSR count). The van der Waals surface area contributed by atoms with E-state index in [-0.39, 0.29) is 6.61 Å². The highest BCUT2D eigenvalue weighted by Gasteiger charge is 2.20. The maximum atomic E-state index is 9.45. The van der Waals surface area contributed by atoms with Crippen LogP contribution in [0.5, 0.6) is 0 Å². The van der Waals surface area contributed by atoms with Crippen molar-refractivity contribution in [1.29, 1.82) is 0 Å². The summed E-state index contributed by atoms with van der Waals surface area (Å²) in [6.45, 7) is 4.07. The summed E-state index contributed by atoms with van der Waals surface area (Å²) in [7, 11) is 0. The highest BCUT2D eigenvalue weighted by Crippen LogP contribution is 2.25. The van der Waals surface area contributed by atoms with Gasteiger partial charge in [-0.25, -0.2) is 0 Å². The molecule has 1 aliphatic heterocycles. The van der Waals surface area contributed by atoms with Crippen LogP contribution in [0.2, 0.25) is 0 Å². The van der Waals surface area contributed by atoms with Crippen LogP contribution in [0.1, 0.15) is 16.7 Å². The molecule has 0 aromatic heterocycles. The lowest BCUT2D eigenvalue weighted by molar-refractivity contribution is 0.0551. The van der Waals surface area contributed by atoms with Crippen molar-refractivity contribution in [2.75, 3.05) is 25.4 Å². The molecule has 0 bridgehead atoms. The zero-order valence-electron chi connectivity index (χ0n) is 10.2. The maximum absolute atomic E-state index is 9.45. The molecule has 0 radical (unpaired) electrons.